The molecule has 5 nitrogen and oxygen atoms in total. The van der Waals surface area contributed by atoms with Gasteiger partial charge in [0.15, 0.2) is 0 Å². The van der Waals surface area contributed by atoms with Crippen LogP contribution in [0.1, 0.15) is 10.9 Å². The fourth-order valence-electron chi connectivity index (χ4n) is 1.74. The lowest BCUT2D eigenvalue weighted by Crippen LogP contribution is -2.37. The van der Waals surface area contributed by atoms with E-state index < -0.39 is 0 Å². The number of carbonyl (C=O) groups is 1. The van der Waals surface area contributed by atoms with Crippen molar-refractivity contribution in [2.75, 3.05) is 12.3 Å². The second-order valence-corrected chi connectivity index (χ2v) is 4.93. The van der Waals surface area contributed by atoms with E-state index in [9.17, 15) is 9.18 Å². The Hall–Kier alpha value is -1.76. The van der Waals surface area contributed by atoms with E-state index in [1.165, 1.54) is 23.9 Å². The van der Waals surface area contributed by atoms with E-state index in [2.05, 4.69) is 5.10 Å². The smallest absolute Gasteiger partial charge is 0.234 e. The number of nitrogens with two attached hydrogens (primary N) is 2. The van der Waals surface area contributed by atoms with E-state index in [-0.39, 0.29) is 29.5 Å². The molecule has 96 valence electrons. The van der Waals surface area contributed by atoms with Crippen molar-refractivity contribution in [3.05, 3.63) is 35.6 Å². The van der Waals surface area contributed by atoms with E-state index in [0.29, 0.717) is 5.75 Å². The van der Waals surface area contributed by atoms with Crippen molar-refractivity contribution in [3.8, 4) is 0 Å². The zero-order valence-electron chi connectivity index (χ0n) is 9.54. The molecule has 1 aromatic carbocycles. The maximum Gasteiger partial charge on any atom is 0.234 e. The quantitative estimate of drug-likeness (QED) is 0.364. The molecule has 1 unspecified atom stereocenters. The van der Waals surface area contributed by atoms with Crippen molar-refractivity contribution in [2.45, 2.75) is 5.37 Å². The average molecular weight is 268 g/mol. The predicted octanol–water partition coefficient (Wildman–Crippen LogP) is 0.631. The van der Waals surface area contributed by atoms with Crippen LogP contribution in [-0.4, -0.2) is 28.9 Å². The van der Waals surface area contributed by atoms with Crippen LogP contribution in [0.15, 0.2) is 29.4 Å². The van der Waals surface area contributed by atoms with Gasteiger partial charge in [-0.2, -0.15) is 5.10 Å². The molecule has 18 heavy (non-hydrogen) atoms. The van der Waals surface area contributed by atoms with Gasteiger partial charge in [0.05, 0.1) is 12.3 Å². The molecule has 0 aliphatic carbocycles. The summed E-state index contributed by atoms with van der Waals surface area (Å²) in [5.41, 5.74) is 6.40. The number of rotatable bonds is 3. The SMILES string of the molecule is N/N=C(\N)CN1C(=O)CSC1c1ccc(F)cc1. The maximum atomic E-state index is 12.9. The molecule has 1 fully saturated rings. The predicted molar refractivity (Wildman–Crippen MR) is 69.1 cm³/mol. The minimum atomic E-state index is -0.303. The number of nitrogens with zero attached hydrogens (tertiary/aromatic N) is 2. The summed E-state index contributed by atoms with van der Waals surface area (Å²) in [5, 5.41) is 3.19. The van der Waals surface area contributed by atoms with Gasteiger partial charge in [0.1, 0.15) is 17.0 Å². The number of amidine groups is 1. The first-order valence-corrected chi connectivity index (χ1v) is 6.35. The second kappa shape index (κ2) is 5.26. The fraction of sp³-hybridized carbons (Fsp3) is 0.273. The lowest BCUT2D eigenvalue weighted by molar-refractivity contribution is -0.127. The number of halogens is 1. The maximum absolute atomic E-state index is 12.9. The molecule has 1 aliphatic rings. The van der Waals surface area contributed by atoms with Crippen molar-refractivity contribution in [3.63, 3.8) is 0 Å². The van der Waals surface area contributed by atoms with Gasteiger partial charge in [0.25, 0.3) is 0 Å². The van der Waals surface area contributed by atoms with Crippen LogP contribution in [0.2, 0.25) is 0 Å². The Morgan fingerprint density at radius 1 is 1.50 bits per heavy atom. The third-order valence-corrected chi connectivity index (χ3v) is 3.88. The van der Waals surface area contributed by atoms with Gasteiger partial charge in [-0.1, -0.05) is 12.1 Å². The van der Waals surface area contributed by atoms with Crippen molar-refractivity contribution in [1.82, 2.24) is 4.90 Å². The van der Waals surface area contributed by atoms with Gasteiger partial charge in [-0.15, -0.1) is 11.8 Å². The Kier molecular flexibility index (Phi) is 3.71. The second-order valence-electron chi connectivity index (χ2n) is 3.86. The molecule has 0 saturated carbocycles. The Balaban J connectivity index is 2.21. The molecule has 2 rings (SSSR count). The fourth-order valence-corrected chi connectivity index (χ4v) is 2.93. The Bertz CT molecular complexity index is 476. The molecule has 1 aliphatic heterocycles. The third kappa shape index (κ3) is 2.56. The summed E-state index contributed by atoms with van der Waals surface area (Å²) in [6, 6.07) is 6.07. The normalized spacial score (nSPS) is 20.5. The Labute approximate surface area is 108 Å². The van der Waals surface area contributed by atoms with Gasteiger partial charge in [0.2, 0.25) is 5.91 Å². The number of hydrazone groups is 1. The molecule has 1 atom stereocenters. The lowest BCUT2D eigenvalue weighted by Gasteiger charge is -2.23. The van der Waals surface area contributed by atoms with Crippen molar-refractivity contribution >= 4 is 23.5 Å². The molecule has 1 heterocycles. The lowest BCUT2D eigenvalue weighted by atomic mass is 10.2. The first-order valence-electron chi connectivity index (χ1n) is 5.30. The van der Waals surface area contributed by atoms with Crippen molar-refractivity contribution in [1.29, 1.82) is 0 Å². The van der Waals surface area contributed by atoms with Crippen LogP contribution < -0.4 is 11.6 Å². The molecular formula is C11H13FN4OS. The topological polar surface area (TPSA) is 84.7 Å². The number of hydrogen-bond donors (Lipinski definition) is 2. The van der Waals surface area contributed by atoms with Gasteiger partial charge >= 0.3 is 0 Å². The van der Waals surface area contributed by atoms with E-state index in [1.807, 2.05) is 0 Å². The van der Waals surface area contributed by atoms with E-state index >= 15 is 0 Å². The monoisotopic (exact) mass is 268 g/mol. The molecule has 1 aromatic rings. The Morgan fingerprint density at radius 2 is 2.17 bits per heavy atom. The number of carbonyl (C=O) groups excluding carboxylic acids is 1. The number of thioether (sulfide) groups is 1. The summed E-state index contributed by atoms with van der Waals surface area (Å²) in [6.07, 6.45) is 0. The highest BCUT2D eigenvalue weighted by Crippen LogP contribution is 2.38. The van der Waals surface area contributed by atoms with E-state index in [4.69, 9.17) is 11.6 Å². The first-order chi connectivity index (χ1) is 8.61. The van der Waals surface area contributed by atoms with Crippen LogP contribution in [0.25, 0.3) is 0 Å². The largest absolute Gasteiger partial charge is 0.384 e. The molecule has 7 heteroatoms. The van der Waals surface area contributed by atoms with E-state index in [1.54, 1.807) is 17.0 Å². The van der Waals surface area contributed by atoms with Gasteiger partial charge < -0.3 is 16.5 Å². The molecule has 0 bridgehead atoms. The van der Waals surface area contributed by atoms with Crippen LogP contribution in [0.5, 0.6) is 0 Å². The third-order valence-electron chi connectivity index (χ3n) is 2.62. The van der Waals surface area contributed by atoms with Gasteiger partial charge in [-0.25, -0.2) is 4.39 Å². The highest BCUT2D eigenvalue weighted by molar-refractivity contribution is 8.00. The molecular weight excluding hydrogens is 255 g/mol. The standard InChI is InChI=1S/C11H13FN4OS/c12-8-3-1-7(2-4-8)11-16(5-9(13)15-14)10(17)6-18-11/h1-4,11H,5-6,14H2,(H2,13,15). The molecule has 4 N–H and O–H groups in total. The minimum absolute atomic E-state index is 0.0269. The van der Waals surface area contributed by atoms with Gasteiger partial charge in [0, 0.05) is 0 Å². The van der Waals surface area contributed by atoms with E-state index in [0.717, 1.165) is 5.56 Å². The van der Waals surface area contributed by atoms with Gasteiger partial charge in [-0.05, 0) is 17.7 Å². The summed E-state index contributed by atoms with van der Waals surface area (Å²) in [6.45, 7) is 0.185. The Morgan fingerprint density at radius 3 is 2.78 bits per heavy atom. The molecule has 1 amide bonds. The van der Waals surface area contributed by atoms with Crippen molar-refractivity contribution < 1.29 is 9.18 Å². The zero-order valence-corrected chi connectivity index (χ0v) is 10.4. The summed E-state index contributed by atoms with van der Waals surface area (Å²) >= 11 is 1.47. The number of amides is 1. The average Bonchev–Trinajstić information content (AvgIpc) is 2.72. The molecule has 0 aromatic heterocycles. The number of benzene rings is 1. The zero-order chi connectivity index (χ0) is 13.1. The van der Waals surface area contributed by atoms with Crippen LogP contribution in [0, 0.1) is 5.82 Å². The summed E-state index contributed by atoms with van der Waals surface area (Å²) in [5.74, 6) is 5.31. The highest BCUT2D eigenvalue weighted by Gasteiger charge is 2.33. The molecule has 0 radical (unpaired) electrons. The summed E-state index contributed by atoms with van der Waals surface area (Å²) in [7, 11) is 0. The minimum Gasteiger partial charge on any atom is -0.384 e. The van der Waals surface area contributed by atoms with Crippen LogP contribution in [-0.2, 0) is 4.79 Å². The summed E-state index contributed by atoms with van der Waals surface area (Å²) in [4.78, 5) is 13.3. The molecule has 1 saturated heterocycles. The van der Waals surface area contributed by atoms with Crippen LogP contribution >= 0.6 is 11.8 Å². The van der Waals surface area contributed by atoms with Crippen molar-refractivity contribution in [2.24, 2.45) is 16.7 Å². The molecule has 0 spiro atoms. The summed E-state index contributed by atoms with van der Waals surface area (Å²) < 4.78 is 12.9. The highest BCUT2D eigenvalue weighted by atomic mass is 32.2. The van der Waals surface area contributed by atoms with Crippen LogP contribution in [0.4, 0.5) is 4.39 Å². The van der Waals surface area contributed by atoms with Crippen LogP contribution in [0.3, 0.4) is 0 Å². The first kappa shape index (κ1) is 12.7. The number of hydrogen-bond acceptors (Lipinski definition) is 4. The van der Waals surface area contributed by atoms with Gasteiger partial charge in [-0.3, -0.25) is 4.79 Å².